The molecular formula is C13H17N5O2. The summed E-state index contributed by atoms with van der Waals surface area (Å²) in [7, 11) is 3.25. The standard InChI is InChI=1S/C13H17N5O2/c1-9(12-17-16-8-18(12)2)14-7-11-5-4-10(6-15-11)13(19)20-3/h4-6,8-9,14H,7H2,1-3H3. The van der Waals surface area contributed by atoms with Crippen molar-refractivity contribution in [1.82, 2.24) is 25.1 Å². The number of hydrogen-bond acceptors (Lipinski definition) is 6. The van der Waals surface area contributed by atoms with Gasteiger partial charge in [0, 0.05) is 19.8 Å². The van der Waals surface area contributed by atoms with Gasteiger partial charge in [-0.25, -0.2) is 4.79 Å². The second-order valence-electron chi connectivity index (χ2n) is 4.43. The van der Waals surface area contributed by atoms with Gasteiger partial charge in [-0.05, 0) is 19.1 Å². The highest BCUT2D eigenvalue weighted by molar-refractivity contribution is 5.88. The minimum absolute atomic E-state index is 0.0598. The summed E-state index contributed by atoms with van der Waals surface area (Å²) in [6.45, 7) is 2.59. The topological polar surface area (TPSA) is 81.9 Å². The van der Waals surface area contributed by atoms with Crippen molar-refractivity contribution < 1.29 is 9.53 Å². The zero-order chi connectivity index (χ0) is 14.5. The number of aromatic nitrogens is 4. The van der Waals surface area contributed by atoms with Crippen LogP contribution in [0, 0.1) is 0 Å². The second-order valence-corrected chi connectivity index (χ2v) is 4.43. The molecule has 0 aliphatic carbocycles. The Balaban J connectivity index is 1.94. The van der Waals surface area contributed by atoms with Crippen LogP contribution in [0.5, 0.6) is 0 Å². The van der Waals surface area contributed by atoms with Gasteiger partial charge in [-0.3, -0.25) is 4.98 Å². The van der Waals surface area contributed by atoms with E-state index in [1.165, 1.54) is 13.3 Å². The third-order valence-corrected chi connectivity index (χ3v) is 2.97. The Kier molecular flexibility index (Phi) is 4.41. The van der Waals surface area contributed by atoms with Crippen LogP contribution >= 0.6 is 0 Å². The van der Waals surface area contributed by atoms with Gasteiger partial charge in [0.25, 0.3) is 0 Å². The summed E-state index contributed by atoms with van der Waals surface area (Å²) in [5.41, 5.74) is 1.28. The van der Waals surface area contributed by atoms with Gasteiger partial charge in [-0.1, -0.05) is 0 Å². The SMILES string of the molecule is COC(=O)c1ccc(CNC(C)c2nncn2C)nc1. The van der Waals surface area contributed by atoms with E-state index < -0.39 is 0 Å². The van der Waals surface area contributed by atoms with E-state index in [1.807, 2.05) is 18.5 Å². The molecule has 106 valence electrons. The molecule has 2 aromatic rings. The number of rotatable bonds is 5. The fourth-order valence-corrected chi connectivity index (χ4v) is 1.80. The highest BCUT2D eigenvalue weighted by Crippen LogP contribution is 2.08. The summed E-state index contributed by atoms with van der Waals surface area (Å²) < 4.78 is 6.49. The van der Waals surface area contributed by atoms with Crippen LogP contribution in [0.4, 0.5) is 0 Å². The van der Waals surface area contributed by atoms with Gasteiger partial charge in [0.15, 0.2) is 0 Å². The molecule has 2 heterocycles. The Morgan fingerprint density at radius 3 is 2.85 bits per heavy atom. The summed E-state index contributed by atoms with van der Waals surface area (Å²) in [6, 6.07) is 3.55. The number of nitrogens with one attached hydrogen (secondary N) is 1. The molecule has 0 aromatic carbocycles. The Hall–Kier alpha value is -2.28. The predicted octanol–water partition coefficient (Wildman–Crippen LogP) is 0.847. The smallest absolute Gasteiger partial charge is 0.339 e. The second kappa shape index (κ2) is 6.25. The van der Waals surface area contributed by atoms with Crippen LogP contribution in [0.15, 0.2) is 24.7 Å². The molecule has 0 aliphatic rings. The molecule has 0 saturated carbocycles. The molecule has 0 radical (unpaired) electrons. The van der Waals surface area contributed by atoms with E-state index in [2.05, 4.69) is 25.2 Å². The van der Waals surface area contributed by atoms with Gasteiger partial charge >= 0.3 is 5.97 Å². The first-order valence-corrected chi connectivity index (χ1v) is 6.22. The molecule has 2 rings (SSSR count). The zero-order valence-electron chi connectivity index (χ0n) is 11.7. The Labute approximate surface area is 117 Å². The van der Waals surface area contributed by atoms with Gasteiger partial charge in [0.2, 0.25) is 0 Å². The molecule has 1 atom stereocenters. The van der Waals surface area contributed by atoms with Crippen molar-refractivity contribution in [2.75, 3.05) is 7.11 Å². The third kappa shape index (κ3) is 3.18. The minimum atomic E-state index is -0.385. The van der Waals surface area contributed by atoms with Gasteiger partial charge in [-0.2, -0.15) is 0 Å². The molecular weight excluding hydrogens is 258 g/mol. The molecule has 1 unspecified atom stereocenters. The van der Waals surface area contributed by atoms with Crippen molar-refractivity contribution in [3.63, 3.8) is 0 Å². The number of methoxy groups -OCH3 is 1. The summed E-state index contributed by atoms with van der Waals surface area (Å²) >= 11 is 0. The molecule has 20 heavy (non-hydrogen) atoms. The average Bonchev–Trinajstić information content (AvgIpc) is 2.90. The van der Waals surface area contributed by atoms with Gasteiger partial charge < -0.3 is 14.6 Å². The van der Waals surface area contributed by atoms with Crippen molar-refractivity contribution in [2.45, 2.75) is 19.5 Å². The number of pyridine rings is 1. The van der Waals surface area contributed by atoms with Crippen LogP contribution in [0.1, 0.15) is 34.8 Å². The Morgan fingerprint density at radius 1 is 1.50 bits per heavy atom. The average molecular weight is 275 g/mol. The molecule has 1 N–H and O–H groups in total. The van der Waals surface area contributed by atoms with Crippen molar-refractivity contribution in [2.24, 2.45) is 7.05 Å². The first-order valence-electron chi connectivity index (χ1n) is 6.22. The molecule has 0 aliphatic heterocycles. The highest BCUT2D eigenvalue weighted by Gasteiger charge is 2.11. The fourth-order valence-electron chi connectivity index (χ4n) is 1.80. The number of nitrogens with zero attached hydrogens (tertiary/aromatic N) is 4. The lowest BCUT2D eigenvalue weighted by Gasteiger charge is -2.12. The first kappa shape index (κ1) is 14.1. The quantitative estimate of drug-likeness (QED) is 0.815. The van der Waals surface area contributed by atoms with E-state index in [0.717, 1.165) is 11.5 Å². The largest absolute Gasteiger partial charge is 0.465 e. The van der Waals surface area contributed by atoms with Crippen molar-refractivity contribution >= 4 is 5.97 Å². The van der Waals surface area contributed by atoms with Gasteiger partial charge in [0.05, 0.1) is 24.4 Å². The fraction of sp³-hybridized carbons (Fsp3) is 0.385. The monoisotopic (exact) mass is 275 g/mol. The van der Waals surface area contributed by atoms with E-state index in [0.29, 0.717) is 12.1 Å². The number of aryl methyl sites for hydroxylation is 1. The van der Waals surface area contributed by atoms with Gasteiger partial charge in [-0.15, -0.1) is 10.2 Å². The maximum atomic E-state index is 11.3. The van der Waals surface area contributed by atoms with Crippen molar-refractivity contribution in [3.05, 3.63) is 41.7 Å². The molecule has 0 spiro atoms. The van der Waals surface area contributed by atoms with E-state index in [1.54, 1.807) is 18.5 Å². The normalized spacial score (nSPS) is 12.2. The molecule has 0 fully saturated rings. The molecule has 0 bridgehead atoms. The van der Waals surface area contributed by atoms with Crippen molar-refractivity contribution in [1.29, 1.82) is 0 Å². The van der Waals surface area contributed by atoms with E-state index in [4.69, 9.17) is 0 Å². The minimum Gasteiger partial charge on any atom is -0.465 e. The van der Waals surface area contributed by atoms with E-state index in [-0.39, 0.29) is 12.0 Å². The van der Waals surface area contributed by atoms with Crippen molar-refractivity contribution in [3.8, 4) is 0 Å². The Bertz CT molecular complexity index is 579. The molecule has 0 amide bonds. The maximum Gasteiger partial charge on any atom is 0.339 e. The van der Waals surface area contributed by atoms with Crippen LogP contribution in [0.3, 0.4) is 0 Å². The first-order chi connectivity index (χ1) is 9.61. The molecule has 7 heteroatoms. The molecule has 2 aromatic heterocycles. The molecule has 7 nitrogen and oxygen atoms in total. The number of esters is 1. The summed E-state index contributed by atoms with van der Waals surface area (Å²) in [5, 5.41) is 11.2. The van der Waals surface area contributed by atoms with Crippen LogP contribution in [0.2, 0.25) is 0 Å². The predicted molar refractivity (Wildman–Crippen MR) is 71.8 cm³/mol. The highest BCUT2D eigenvalue weighted by atomic mass is 16.5. The van der Waals surface area contributed by atoms with Gasteiger partial charge in [0.1, 0.15) is 12.2 Å². The number of carbonyl (C=O) groups is 1. The number of carbonyl (C=O) groups excluding carboxylic acids is 1. The van der Waals surface area contributed by atoms with E-state index in [9.17, 15) is 4.79 Å². The van der Waals surface area contributed by atoms with Crippen LogP contribution in [0.25, 0.3) is 0 Å². The van der Waals surface area contributed by atoms with Crippen LogP contribution < -0.4 is 5.32 Å². The summed E-state index contributed by atoms with van der Waals surface area (Å²) in [5.74, 6) is 0.473. The van der Waals surface area contributed by atoms with Crippen LogP contribution in [-0.2, 0) is 18.3 Å². The lowest BCUT2D eigenvalue weighted by atomic mass is 10.2. The Morgan fingerprint density at radius 2 is 2.30 bits per heavy atom. The summed E-state index contributed by atoms with van der Waals surface area (Å²) in [4.78, 5) is 15.5. The maximum absolute atomic E-state index is 11.3. The summed E-state index contributed by atoms with van der Waals surface area (Å²) in [6.07, 6.45) is 3.17. The number of ether oxygens (including phenoxy) is 1. The van der Waals surface area contributed by atoms with Crippen LogP contribution in [-0.4, -0.2) is 32.8 Å². The van der Waals surface area contributed by atoms with E-state index >= 15 is 0 Å². The lowest BCUT2D eigenvalue weighted by molar-refractivity contribution is 0.0600. The number of hydrogen-bond donors (Lipinski definition) is 1. The zero-order valence-corrected chi connectivity index (χ0v) is 11.7. The lowest BCUT2D eigenvalue weighted by Crippen LogP contribution is -2.21. The molecule has 0 saturated heterocycles. The third-order valence-electron chi connectivity index (χ3n) is 2.97.